The van der Waals surface area contributed by atoms with Gasteiger partial charge in [-0.15, -0.1) is 0 Å². The summed E-state index contributed by atoms with van der Waals surface area (Å²) >= 11 is 0. The SMILES string of the molecule is C=CC(=N)c1ccccc1.CC. The van der Waals surface area contributed by atoms with Crippen molar-refractivity contribution in [1.82, 2.24) is 0 Å². The van der Waals surface area contributed by atoms with Crippen LogP contribution in [0, 0.1) is 5.41 Å². The van der Waals surface area contributed by atoms with Crippen molar-refractivity contribution in [3.8, 4) is 0 Å². The molecule has 0 bridgehead atoms. The van der Waals surface area contributed by atoms with Gasteiger partial charge in [-0.25, -0.2) is 0 Å². The number of allylic oxidation sites excluding steroid dienone is 1. The van der Waals surface area contributed by atoms with E-state index in [1.807, 2.05) is 44.2 Å². The molecular weight excluding hydrogens is 146 g/mol. The highest BCUT2D eigenvalue weighted by molar-refractivity contribution is 6.06. The zero-order valence-corrected chi connectivity index (χ0v) is 7.67. The van der Waals surface area contributed by atoms with E-state index in [1.165, 1.54) is 6.08 Å². The molecule has 0 atom stereocenters. The molecule has 1 N–H and O–H groups in total. The lowest BCUT2D eigenvalue weighted by Gasteiger charge is -1.94. The lowest BCUT2D eigenvalue weighted by Crippen LogP contribution is -1.91. The summed E-state index contributed by atoms with van der Waals surface area (Å²) in [6.07, 6.45) is 1.54. The van der Waals surface area contributed by atoms with E-state index in [0.29, 0.717) is 5.71 Å². The molecule has 0 amide bonds. The van der Waals surface area contributed by atoms with Crippen molar-refractivity contribution >= 4 is 5.71 Å². The molecule has 0 aromatic heterocycles. The minimum absolute atomic E-state index is 0.473. The number of hydrogen-bond acceptors (Lipinski definition) is 1. The van der Waals surface area contributed by atoms with E-state index in [9.17, 15) is 0 Å². The zero-order valence-electron chi connectivity index (χ0n) is 7.67. The van der Waals surface area contributed by atoms with Crippen molar-refractivity contribution in [3.05, 3.63) is 48.6 Å². The van der Waals surface area contributed by atoms with E-state index >= 15 is 0 Å². The van der Waals surface area contributed by atoms with Gasteiger partial charge in [0, 0.05) is 0 Å². The molecule has 0 spiro atoms. The van der Waals surface area contributed by atoms with Crippen LogP contribution in [-0.4, -0.2) is 5.71 Å². The molecule has 0 aliphatic carbocycles. The molecule has 1 aromatic rings. The highest BCUT2D eigenvalue weighted by atomic mass is 14.4. The van der Waals surface area contributed by atoms with Gasteiger partial charge in [0.2, 0.25) is 0 Å². The van der Waals surface area contributed by atoms with Gasteiger partial charge in [-0.1, -0.05) is 50.8 Å². The van der Waals surface area contributed by atoms with Gasteiger partial charge in [0.25, 0.3) is 0 Å². The summed E-state index contributed by atoms with van der Waals surface area (Å²) in [5, 5.41) is 7.36. The van der Waals surface area contributed by atoms with Crippen molar-refractivity contribution in [1.29, 1.82) is 5.41 Å². The maximum Gasteiger partial charge on any atom is 0.0606 e. The van der Waals surface area contributed by atoms with Crippen LogP contribution in [0.25, 0.3) is 0 Å². The van der Waals surface area contributed by atoms with Gasteiger partial charge in [0.05, 0.1) is 5.71 Å². The Hall–Kier alpha value is -1.37. The van der Waals surface area contributed by atoms with Crippen molar-refractivity contribution in [2.75, 3.05) is 0 Å². The average Bonchev–Trinajstić information content (AvgIpc) is 2.21. The fourth-order valence-electron chi connectivity index (χ4n) is 0.736. The predicted octanol–water partition coefficient (Wildman–Crippen LogP) is 3.27. The van der Waals surface area contributed by atoms with Crippen LogP contribution < -0.4 is 0 Å². The summed E-state index contributed by atoms with van der Waals surface area (Å²) < 4.78 is 0. The molecule has 0 aliphatic rings. The zero-order chi connectivity index (χ0) is 9.40. The topological polar surface area (TPSA) is 23.9 Å². The monoisotopic (exact) mass is 161 g/mol. The molecule has 0 fully saturated rings. The van der Waals surface area contributed by atoms with Gasteiger partial charge in [-0.2, -0.15) is 0 Å². The summed E-state index contributed by atoms with van der Waals surface area (Å²) in [6.45, 7) is 7.51. The molecule has 1 nitrogen and oxygen atoms in total. The summed E-state index contributed by atoms with van der Waals surface area (Å²) in [5.74, 6) is 0. The van der Waals surface area contributed by atoms with E-state index in [2.05, 4.69) is 6.58 Å². The smallest absolute Gasteiger partial charge is 0.0606 e. The Bertz CT molecular complexity index is 236. The predicted molar refractivity (Wildman–Crippen MR) is 54.8 cm³/mol. The van der Waals surface area contributed by atoms with Gasteiger partial charge in [0.1, 0.15) is 0 Å². The Labute approximate surface area is 74.3 Å². The second-order valence-corrected chi connectivity index (χ2v) is 1.98. The molecule has 1 aromatic carbocycles. The summed E-state index contributed by atoms with van der Waals surface area (Å²) in [5.41, 5.74) is 1.39. The number of hydrogen-bond donors (Lipinski definition) is 1. The second-order valence-electron chi connectivity index (χ2n) is 1.98. The first-order valence-electron chi connectivity index (χ1n) is 4.11. The summed E-state index contributed by atoms with van der Waals surface area (Å²) in [6, 6.07) is 9.54. The first kappa shape index (κ1) is 10.6. The van der Waals surface area contributed by atoms with Gasteiger partial charge < -0.3 is 5.41 Å². The highest BCUT2D eigenvalue weighted by Gasteiger charge is 1.91. The molecule has 1 heteroatoms. The van der Waals surface area contributed by atoms with Gasteiger partial charge in [-0.05, 0) is 11.6 Å². The number of rotatable bonds is 2. The van der Waals surface area contributed by atoms with E-state index in [0.717, 1.165) is 5.56 Å². The Kier molecular flexibility index (Phi) is 5.62. The molecule has 0 saturated carbocycles. The quantitative estimate of drug-likeness (QED) is 0.644. The average molecular weight is 161 g/mol. The first-order valence-corrected chi connectivity index (χ1v) is 4.11. The lowest BCUT2D eigenvalue weighted by molar-refractivity contribution is 1.50. The van der Waals surface area contributed by atoms with Gasteiger partial charge in [0.15, 0.2) is 0 Å². The molecular formula is C11H15N. The molecule has 1 rings (SSSR count). The molecule has 0 radical (unpaired) electrons. The highest BCUT2D eigenvalue weighted by Crippen LogP contribution is 1.98. The maximum atomic E-state index is 7.36. The molecule has 12 heavy (non-hydrogen) atoms. The number of nitrogens with one attached hydrogen (secondary N) is 1. The normalized spacial score (nSPS) is 7.83. The Morgan fingerprint density at radius 1 is 1.25 bits per heavy atom. The van der Waals surface area contributed by atoms with Crippen LogP contribution in [-0.2, 0) is 0 Å². The van der Waals surface area contributed by atoms with Crippen LogP contribution in [0.4, 0.5) is 0 Å². The van der Waals surface area contributed by atoms with E-state index in [4.69, 9.17) is 5.41 Å². The second kappa shape index (κ2) is 6.35. The largest absolute Gasteiger partial charge is 0.300 e. The van der Waals surface area contributed by atoms with E-state index in [1.54, 1.807) is 0 Å². The van der Waals surface area contributed by atoms with E-state index < -0.39 is 0 Å². The van der Waals surface area contributed by atoms with Crippen LogP contribution in [0.15, 0.2) is 43.0 Å². The Morgan fingerprint density at radius 2 is 1.75 bits per heavy atom. The molecule has 64 valence electrons. The van der Waals surface area contributed by atoms with Crippen LogP contribution >= 0.6 is 0 Å². The standard InChI is InChI=1S/C9H9N.C2H6/c1-2-9(10)8-6-4-3-5-7-8;1-2/h2-7,10H,1H2;1-2H3. The first-order chi connectivity index (χ1) is 5.84. The van der Waals surface area contributed by atoms with Crippen LogP contribution in [0.5, 0.6) is 0 Å². The van der Waals surface area contributed by atoms with Crippen molar-refractivity contribution in [2.45, 2.75) is 13.8 Å². The van der Waals surface area contributed by atoms with Crippen molar-refractivity contribution in [2.24, 2.45) is 0 Å². The van der Waals surface area contributed by atoms with Crippen molar-refractivity contribution < 1.29 is 0 Å². The molecule has 0 unspecified atom stereocenters. The van der Waals surface area contributed by atoms with E-state index in [-0.39, 0.29) is 0 Å². The van der Waals surface area contributed by atoms with Crippen molar-refractivity contribution in [3.63, 3.8) is 0 Å². The Balaban J connectivity index is 0.000000561. The van der Waals surface area contributed by atoms with Crippen LogP contribution in [0.2, 0.25) is 0 Å². The summed E-state index contributed by atoms with van der Waals surface area (Å²) in [7, 11) is 0. The van der Waals surface area contributed by atoms with Crippen LogP contribution in [0.1, 0.15) is 19.4 Å². The fraction of sp³-hybridized carbons (Fsp3) is 0.182. The molecule has 0 aliphatic heterocycles. The van der Waals surface area contributed by atoms with Crippen LogP contribution in [0.3, 0.4) is 0 Å². The third kappa shape index (κ3) is 3.15. The maximum absolute atomic E-state index is 7.36. The minimum atomic E-state index is 0.473. The fourth-order valence-corrected chi connectivity index (χ4v) is 0.736. The summed E-state index contributed by atoms with van der Waals surface area (Å²) in [4.78, 5) is 0. The third-order valence-electron chi connectivity index (χ3n) is 1.29. The van der Waals surface area contributed by atoms with Gasteiger partial charge >= 0.3 is 0 Å². The third-order valence-corrected chi connectivity index (χ3v) is 1.29. The van der Waals surface area contributed by atoms with Gasteiger partial charge in [-0.3, -0.25) is 0 Å². The lowest BCUT2D eigenvalue weighted by atomic mass is 10.1. The Morgan fingerprint density at radius 3 is 2.17 bits per heavy atom. The molecule has 0 heterocycles. The number of benzene rings is 1. The minimum Gasteiger partial charge on any atom is -0.300 e. The molecule has 0 saturated heterocycles.